The Bertz CT molecular complexity index is 3590. The normalized spacial score (nSPS) is 11.5. The van der Waals surface area contributed by atoms with Gasteiger partial charge in [-0.15, -0.1) is 0 Å². The van der Waals surface area contributed by atoms with E-state index in [1.54, 1.807) is 0 Å². The number of nitrogens with zero attached hydrogens (tertiary/aromatic N) is 4. The Morgan fingerprint density at radius 1 is 0.258 bits per heavy atom. The van der Waals surface area contributed by atoms with E-state index in [-0.39, 0.29) is 0 Å². The van der Waals surface area contributed by atoms with Crippen molar-refractivity contribution >= 4 is 43.6 Å². The summed E-state index contributed by atoms with van der Waals surface area (Å²) in [6.07, 6.45) is 0. The fourth-order valence-corrected chi connectivity index (χ4v) is 9.23. The highest BCUT2D eigenvalue weighted by Gasteiger charge is 2.20. The molecule has 12 rings (SSSR count). The predicted molar refractivity (Wildman–Crippen MR) is 258 cm³/mol. The molecule has 0 saturated heterocycles. The van der Waals surface area contributed by atoms with Crippen molar-refractivity contribution < 1.29 is 0 Å². The van der Waals surface area contributed by atoms with E-state index in [0.717, 1.165) is 45.0 Å². The van der Waals surface area contributed by atoms with Gasteiger partial charge in [-0.2, -0.15) is 0 Å². The van der Waals surface area contributed by atoms with Gasteiger partial charge in [0.2, 0.25) is 0 Å². The first-order valence-electron chi connectivity index (χ1n) is 21.1. The van der Waals surface area contributed by atoms with Gasteiger partial charge in [-0.3, -0.25) is 0 Å². The Morgan fingerprint density at radius 3 is 1.23 bits per heavy atom. The van der Waals surface area contributed by atoms with Crippen LogP contribution in [-0.2, 0) is 0 Å². The van der Waals surface area contributed by atoms with Gasteiger partial charge in [-0.25, -0.2) is 9.97 Å². The zero-order valence-corrected chi connectivity index (χ0v) is 33.7. The van der Waals surface area contributed by atoms with Crippen molar-refractivity contribution in [2.45, 2.75) is 0 Å². The lowest BCUT2D eigenvalue weighted by atomic mass is 9.98. The molecule has 0 bridgehead atoms. The van der Waals surface area contributed by atoms with Crippen LogP contribution in [0.3, 0.4) is 0 Å². The van der Waals surface area contributed by atoms with Crippen molar-refractivity contribution in [3.63, 3.8) is 0 Å². The highest BCUT2D eigenvalue weighted by molar-refractivity contribution is 6.28. The molecule has 0 amide bonds. The van der Waals surface area contributed by atoms with E-state index in [9.17, 15) is 0 Å². The topological polar surface area (TPSA) is 35.6 Å². The van der Waals surface area contributed by atoms with Crippen molar-refractivity contribution in [1.82, 2.24) is 19.1 Å². The smallest absolute Gasteiger partial charge is 0.160 e. The third-order valence-electron chi connectivity index (χ3n) is 12.1. The van der Waals surface area contributed by atoms with Gasteiger partial charge in [-0.05, 0) is 82.9 Å². The molecule has 0 radical (unpaired) electrons. The second kappa shape index (κ2) is 14.7. The SMILES string of the molecule is c1ccc(-c2cccc(-c3ccc(-c4nc(-c5ccccc5)cc(-c5ccc(-n6c7ccccc7c7c8c9ccccc9n(-c9ccccc9)c8ccc76)cc5)n4)cc3)c2)cc1. The van der Waals surface area contributed by atoms with Crippen molar-refractivity contribution in [3.05, 3.63) is 231 Å². The molecule has 0 fully saturated rings. The van der Waals surface area contributed by atoms with Gasteiger partial charge >= 0.3 is 0 Å². The van der Waals surface area contributed by atoms with Crippen molar-refractivity contribution in [1.29, 1.82) is 0 Å². The summed E-state index contributed by atoms with van der Waals surface area (Å²) in [6.45, 7) is 0. The molecule has 4 heteroatoms. The van der Waals surface area contributed by atoms with E-state index >= 15 is 0 Å². The first-order valence-corrected chi connectivity index (χ1v) is 21.1. The summed E-state index contributed by atoms with van der Waals surface area (Å²) in [5.74, 6) is 0.691. The van der Waals surface area contributed by atoms with E-state index in [1.165, 1.54) is 60.3 Å². The number of aromatic nitrogens is 4. The van der Waals surface area contributed by atoms with Gasteiger partial charge in [0.25, 0.3) is 0 Å². The van der Waals surface area contributed by atoms with Crippen LogP contribution in [0.15, 0.2) is 231 Å². The molecule has 9 aromatic carbocycles. The lowest BCUT2D eigenvalue weighted by Gasteiger charge is -2.12. The Morgan fingerprint density at radius 2 is 0.661 bits per heavy atom. The highest BCUT2D eigenvalue weighted by Crippen LogP contribution is 2.42. The van der Waals surface area contributed by atoms with E-state index in [1.807, 2.05) is 6.07 Å². The quantitative estimate of drug-likeness (QED) is 0.161. The van der Waals surface area contributed by atoms with E-state index < -0.39 is 0 Å². The van der Waals surface area contributed by atoms with E-state index in [0.29, 0.717) is 5.82 Å². The summed E-state index contributed by atoms with van der Waals surface area (Å²) in [5.41, 5.74) is 16.5. The average molecular weight is 791 g/mol. The maximum atomic E-state index is 5.22. The molecule has 3 aromatic heterocycles. The van der Waals surface area contributed by atoms with E-state index in [2.05, 4.69) is 234 Å². The standard InChI is InChI=1S/C58H38N4/c1-4-15-39(16-5-1)44-19-14-20-45(37-44)40-27-29-43(30-28-40)58-59-50(41-17-6-2-7-18-41)38-51(60-58)42-31-33-47(34-32-42)62-53-26-13-11-24-49(53)57-55(62)36-35-54-56(57)48-23-10-12-25-52(48)61(54)46-21-8-3-9-22-46/h1-38H. The minimum absolute atomic E-state index is 0.691. The summed E-state index contributed by atoms with van der Waals surface area (Å²) in [7, 11) is 0. The van der Waals surface area contributed by atoms with Crippen molar-refractivity contribution in [2.24, 2.45) is 0 Å². The fourth-order valence-electron chi connectivity index (χ4n) is 9.23. The van der Waals surface area contributed by atoms with Gasteiger partial charge in [0.1, 0.15) is 0 Å². The molecule has 0 N–H and O–H groups in total. The van der Waals surface area contributed by atoms with Crippen LogP contribution in [0.25, 0.3) is 111 Å². The zero-order chi connectivity index (χ0) is 41.0. The maximum Gasteiger partial charge on any atom is 0.160 e. The molecule has 0 aliphatic heterocycles. The van der Waals surface area contributed by atoms with Crippen LogP contribution in [0.5, 0.6) is 0 Å². The highest BCUT2D eigenvalue weighted by atomic mass is 15.0. The summed E-state index contributed by atoms with van der Waals surface area (Å²) < 4.78 is 4.80. The number of benzene rings is 9. The van der Waals surface area contributed by atoms with Gasteiger partial charge in [0, 0.05) is 49.6 Å². The number of rotatable bonds is 7. The minimum atomic E-state index is 0.691. The monoisotopic (exact) mass is 790 g/mol. The molecule has 4 nitrogen and oxygen atoms in total. The first-order chi connectivity index (χ1) is 30.7. The summed E-state index contributed by atoms with van der Waals surface area (Å²) in [5, 5.41) is 5.01. The van der Waals surface area contributed by atoms with Gasteiger partial charge < -0.3 is 9.13 Å². The molecule has 290 valence electrons. The number of fused-ring (bicyclic) bond motifs is 7. The Labute approximate surface area is 359 Å². The summed E-state index contributed by atoms with van der Waals surface area (Å²) in [4.78, 5) is 10.4. The molecule has 0 unspecified atom stereocenters. The van der Waals surface area contributed by atoms with Crippen LogP contribution in [0.2, 0.25) is 0 Å². The average Bonchev–Trinajstić information content (AvgIpc) is 3.88. The van der Waals surface area contributed by atoms with Gasteiger partial charge in [-0.1, -0.05) is 170 Å². The van der Waals surface area contributed by atoms with Crippen LogP contribution >= 0.6 is 0 Å². The molecule has 0 aliphatic carbocycles. The predicted octanol–water partition coefficient (Wildman–Crippen LogP) is 15.0. The summed E-state index contributed by atoms with van der Waals surface area (Å²) in [6, 6.07) is 82.0. The molecule has 0 saturated carbocycles. The number of hydrogen-bond donors (Lipinski definition) is 0. The largest absolute Gasteiger partial charge is 0.309 e. The van der Waals surface area contributed by atoms with Crippen LogP contribution in [0.4, 0.5) is 0 Å². The third-order valence-corrected chi connectivity index (χ3v) is 12.1. The molecular formula is C58H38N4. The lowest BCUT2D eigenvalue weighted by molar-refractivity contribution is 1.17. The van der Waals surface area contributed by atoms with E-state index in [4.69, 9.17) is 9.97 Å². The maximum absolute atomic E-state index is 5.22. The summed E-state index contributed by atoms with van der Waals surface area (Å²) >= 11 is 0. The molecule has 0 spiro atoms. The molecule has 0 atom stereocenters. The molecule has 12 aromatic rings. The molecule has 0 aliphatic rings. The van der Waals surface area contributed by atoms with Crippen LogP contribution in [-0.4, -0.2) is 19.1 Å². The third kappa shape index (κ3) is 6.00. The van der Waals surface area contributed by atoms with Crippen LogP contribution < -0.4 is 0 Å². The van der Waals surface area contributed by atoms with Gasteiger partial charge in [0.15, 0.2) is 5.82 Å². The molecule has 62 heavy (non-hydrogen) atoms. The zero-order valence-electron chi connectivity index (χ0n) is 33.7. The fraction of sp³-hybridized carbons (Fsp3) is 0. The lowest BCUT2D eigenvalue weighted by Crippen LogP contribution is -1.97. The Hall–Kier alpha value is -8.34. The number of para-hydroxylation sites is 3. The Balaban J connectivity index is 0.955. The number of hydrogen-bond acceptors (Lipinski definition) is 2. The van der Waals surface area contributed by atoms with Gasteiger partial charge in [0.05, 0.1) is 33.5 Å². The van der Waals surface area contributed by atoms with Crippen LogP contribution in [0, 0.1) is 0 Å². The van der Waals surface area contributed by atoms with Crippen molar-refractivity contribution in [2.75, 3.05) is 0 Å². The minimum Gasteiger partial charge on any atom is -0.309 e. The van der Waals surface area contributed by atoms with Crippen LogP contribution in [0.1, 0.15) is 0 Å². The molecule has 3 heterocycles. The molecular weight excluding hydrogens is 753 g/mol. The van der Waals surface area contributed by atoms with Crippen molar-refractivity contribution in [3.8, 4) is 67.5 Å². The first kappa shape index (κ1) is 35.6. The second-order valence-electron chi connectivity index (χ2n) is 15.8. The second-order valence-corrected chi connectivity index (χ2v) is 15.8. The Kier molecular flexibility index (Phi) is 8.46.